The summed E-state index contributed by atoms with van der Waals surface area (Å²) in [6, 6.07) is 0. The molecule has 0 aliphatic carbocycles. The maximum Gasteiger partial charge on any atom is 0.0293 e. The van der Waals surface area contributed by atoms with Gasteiger partial charge in [-0.25, -0.2) is 0 Å². The minimum Gasteiger partial charge on any atom is -0.103 e. The van der Waals surface area contributed by atoms with Gasteiger partial charge in [0.25, 0.3) is 0 Å². The summed E-state index contributed by atoms with van der Waals surface area (Å²) >= 11 is 0. The molecule has 0 radical (unpaired) electrons. The highest BCUT2D eigenvalue weighted by Crippen LogP contribution is 2.01. The Morgan fingerprint density at radius 2 is 1.92 bits per heavy atom. The minimum atomic E-state index is 0.869. The summed E-state index contributed by atoms with van der Waals surface area (Å²) in [5.41, 5.74) is 1.16. The molecule has 0 aliphatic heterocycles. The standard InChI is InChI=1S/C12H20/c1-4-5-6-7-8-9-10-11-12(2)3/h2,4-8,11H2,1,3H3. The Hall–Kier alpha value is -0.700. The lowest BCUT2D eigenvalue weighted by Gasteiger charge is -1.91. The van der Waals surface area contributed by atoms with Crippen molar-refractivity contribution in [1.82, 2.24) is 0 Å². The van der Waals surface area contributed by atoms with Crippen LogP contribution >= 0.6 is 0 Å². The Bertz CT molecular complexity index is 166. The number of hydrogen-bond donors (Lipinski definition) is 0. The largest absolute Gasteiger partial charge is 0.103 e. The van der Waals surface area contributed by atoms with Gasteiger partial charge >= 0.3 is 0 Å². The second-order valence-electron chi connectivity index (χ2n) is 3.30. The molecule has 0 amide bonds. The van der Waals surface area contributed by atoms with Gasteiger partial charge in [0.15, 0.2) is 0 Å². The average Bonchev–Trinajstić information content (AvgIpc) is 2.02. The number of rotatable bonds is 5. The summed E-state index contributed by atoms with van der Waals surface area (Å²) in [4.78, 5) is 0. The van der Waals surface area contributed by atoms with Crippen molar-refractivity contribution >= 4 is 0 Å². The van der Waals surface area contributed by atoms with E-state index in [4.69, 9.17) is 0 Å². The summed E-state index contributed by atoms with van der Waals surface area (Å²) in [6.07, 6.45) is 7.18. The molecule has 0 nitrogen and oxygen atoms in total. The molecule has 0 unspecified atom stereocenters. The third-order valence-corrected chi connectivity index (χ3v) is 1.67. The van der Waals surface area contributed by atoms with E-state index in [1.807, 2.05) is 6.92 Å². The lowest BCUT2D eigenvalue weighted by atomic mass is 10.1. The van der Waals surface area contributed by atoms with Gasteiger partial charge in [-0.15, -0.1) is 5.92 Å². The Kier molecular flexibility index (Phi) is 7.91. The monoisotopic (exact) mass is 164 g/mol. The van der Waals surface area contributed by atoms with Crippen LogP contribution in [-0.4, -0.2) is 0 Å². The van der Waals surface area contributed by atoms with Gasteiger partial charge in [-0.3, -0.25) is 0 Å². The van der Waals surface area contributed by atoms with Gasteiger partial charge in [0.05, 0.1) is 0 Å². The summed E-state index contributed by atoms with van der Waals surface area (Å²) < 4.78 is 0. The summed E-state index contributed by atoms with van der Waals surface area (Å²) in [7, 11) is 0. The first-order valence-corrected chi connectivity index (χ1v) is 4.87. The molecule has 0 heteroatoms. The molecule has 0 atom stereocenters. The number of hydrogen-bond acceptors (Lipinski definition) is 0. The lowest BCUT2D eigenvalue weighted by molar-refractivity contribution is 0.679. The second kappa shape index (κ2) is 8.40. The normalized spacial score (nSPS) is 8.83. The lowest BCUT2D eigenvalue weighted by Crippen LogP contribution is -1.74. The van der Waals surface area contributed by atoms with Crippen LogP contribution in [0.5, 0.6) is 0 Å². The summed E-state index contributed by atoms with van der Waals surface area (Å²) in [5.74, 6) is 6.28. The average molecular weight is 164 g/mol. The van der Waals surface area contributed by atoms with Gasteiger partial charge < -0.3 is 0 Å². The van der Waals surface area contributed by atoms with Crippen molar-refractivity contribution in [1.29, 1.82) is 0 Å². The zero-order chi connectivity index (χ0) is 9.23. The van der Waals surface area contributed by atoms with Crippen molar-refractivity contribution in [3.05, 3.63) is 12.2 Å². The minimum absolute atomic E-state index is 0.869. The fourth-order valence-electron chi connectivity index (χ4n) is 0.942. The Morgan fingerprint density at radius 1 is 1.17 bits per heavy atom. The van der Waals surface area contributed by atoms with E-state index < -0.39 is 0 Å². The van der Waals surface area contributed by atoms with E-state index in [1.165, 1.54) is 25.7 Å². The van der Waals surface area contributed by atoms with Crippen LogP contribution in [0.1, 0.15) is 52.4 Å². The summed E-state index contributed by atoms with van der Waals surface area (Å²) in [6.45, 7) is 8.05. The first kappa shape index (κ1) is 11.3. The van der Waals surface area contributed by atoms with Crippen molar-refractivity contribution in [3.63, 3.8) is 0 Å². The molecule has 0 aromatic carbocycles. The van der Waals surface area contributed by atoms with E-state index in [1.54, 1.807) is 0 Å². The van der Waals surface area contributed by atoms with Crippen LogP contribution in [0, 0.1) is 11.8 Å². The number of allylic oxidation sites excluding steroid dienone is 1. The van der Waals surface area contributed by atoms with Crippen molar-refractivity contribution in [2.45, 2.75) is 52.4 Å². The molecule has 0 aliphatic rings. The van der Waals surface area contributed by atoms with Crippen molar-refractivity contribution < 1.29 is 0 Å². The third kappa shape index (κ3) is 9.30. The van der Waals surface area contributed by atoms with Crippen LogP contribution in [-0.2, 0) is 0 Å². The first-order chi connectivity index (χ1) is 5.77. The molecule has 0 heterocycles. The predicted molar refractivity (Wildman–Crippen MR) is 56.0 cm³/mol. The van der Waals surface area contributed by atoms with Gasteiger partial charge in [-0.2, -0.15) is 0 Å². The first-order valence-electron chi connectivity index (χ1n) is 4.87. The Balaban J connectivity index is 3.16. The molecule has 0 aromatic rings. The van der Waals surface area contributed by atoms with Crippen molar-refractivity contribution in [2.75, 3.05) is 0 Å². The molecule has 0 N–H and O–H groups in total. The van der Waals surface area contributed by atoms with Crippen molar-refractivity contribution in [3.8, 4) is 11.8 Å². The molecular weight excluding hydrogens is 144 g/mol. The quantitative estimate of drug-likeness (QED) is 0.328. The van der Waals surface area contributed by atoms with Crippen LogP contribution in [0.4, 0.5) is 0 Å². The SMILES string of the molecule is C=C(C)CC#CCCCCCC. The van der Waals surface area contributed by atoms with Gasteiger partial charge in [0.2, 0.25) is 0 Å². The molecule has 0 fully saturated rings. The van der Waals surface area contributed by atoms with Crippen molar-refractivity contribution in [2.24, 2.45) is 0 Å². The third-order valence-electron chi connectivity index (χ3n) is 1.67. The van der Waals surface area contributed by atoms with Gasteiger partial charge in [-0.05, 0) is 13.3 Å². The zero-order valence-electron chi connectivity index (χ0n) is 8.45. The highest BCUT2D eigenvalue weighted by molar-refractivity contribution is 5.08. The maximum absolute atomic E-state index is 3.80. The van der Waals surface area contributed by atoms with Gasteiger partial charge in [-0.1, -0.05) is 44.3 Å². The fraction of sp³-hybridized carbons (Fsp3) is 0.667. The molecule has 68 valence electrons. The molecular formula is C12H20. The molecule has 0 bridgehead atoms. The van der Waals surface area contributed by atoms with Gasteiger partial charge in [0, 0.05) is 12.8 Å². The highest BCUT2D eigenvalue weighted by Gasteiger charge is 1.83. The van der Waals surface area contributed by atoms with Crippen LogP contribution < -0.4 is 0 Å². The molecule has 0 saturated heterocycles. The van der Waals surface area contributed by atoms with E-state index >= 15 is 0 Å². The van der Waals surface area contributed by atoms with E-state index in [2.05, 4.69) is 25.3 Å². The molecule has 0 spiro atoms. The van der Waals surface area contributed by atoms with Crippen LogP contribution in [0.3, 0.4) is 0 Å². The molecule has 0 saturated carbocycles. The number of unbranched alkanes of at least 4 members (excludes halogenated alkanes) is 4. The zero-order valence-corrected chi connectivity index (χ0v) is 8.45. The van der Waals surface area contributed by atoms with E-state index in [0.717, 1.165) is 18.4 Å². The van der Waals surface area contributed by atoms with E-state index in [-0.39, 0.29) is 0 Å². The van der Waals surface area contributed by atoms with Crippen LogP contribution in [0.15, 0.2) is 12.2 Å². The Morgan fingerprint density at radius 3 is 2.50 bits per heavy atom. The fourth-order valence-corrected chi connectivity index (χ4v) is 0.942. The second-order valence-corrected chi connectivity index (χ2v) is 3.30. The predicted octanol–water partition coefficient (Wildman–Crippen LogP) is 3.93. The van der Waals surface area contributed by atoms with E-state index in [0.29, 0.717) is 0 Å². The summed E-state index contributed by atoms with van der Waals surface area (Å²) in [5, 5.41) is 0. The van der Waals surface area contributed by atoms with Crippen LogP contribution in [0.25, 0.3) is 0 Å². The smallest absolute Gasteiger partial charge is 0.0293 e. The maximum atomic E-state index is 3.80. The molecule has 0 aromatic heterocycles. The molecule has 0 rings (SSSR count). The van der Waals surface area contributed by atoms with Crippen LogP contribution in [0.2, 0.25) is 0 Å². The Labute approximate surface area is 77.1 Å². The van der Waals surface area contributed by atoms with E-state index in [9.17, 15) is 0 Å². The van der Waals surface area contributed by atoms with Gasteiger partial charge in [0.1, 0.15) is 0 Å². The highest BCUT2D eigenvalue weighted by atomic mass is 13.9. The topological polar surface area (TPSA) is 0 Å². The molecule has 12 heavy (non-hydrogen) atoms.